The molecule has 6 nitrogen and oxygen atoms in total. The number of amides is 1. The van der Waals surface area contributed by atoms with E-state index in [1.165, 1.54) is 9.13 Å². The largest absolute Gasteiger partial charge is 0.355 e. The van der Waals surface area contributed by atoms with Crippen LogP contribution < -0.4 is 16.6 Å². The minimum absolute atomic E-state index is 0.117. The predicted octanol–water partition coefficient (Wildman–Crippen LogP) is 1.74. The van der Waals surface area contributed by atoms with E-state index < -0.39 is 5.69 Å². The Labute approximate surface area is 150 Å². The molecule has 0 unspecified atom stereocenters. The minimum atomic E-state index is -0.482. The van der Waals surface area contributed by atoms with Crippen LogP contribution in [-0.4, -0.2) is 21.6 Å². The molecular formula is C20H21N3O3. The summed E-state index contributed by atoms with van der Waals surface area (Å²) in [5.41, 5.74) is 0.492. The first kappa shape index (κ1) is 17.7. The van der Waals surface area contributed by atoms with E-state index in [9.17, 15) is 14.4 Å². The summed E-state index contributed by atoms with van der Waals surface area (Å²) >= 11 is 0. The molecule has 1 heterocycles. The average Bonchev–Trinajstić information content (AvgIpc) is 2.67. The van der Waals surface area contributed by atoms with Crippen molar-refractivity contribution in [3.05, 3.63) is 81.0 Å². The van der Waals surface area contributed by atoms with Gasteiger partial charge in [0.1, 0.15) is 6.54 Å². The zero-order valence-corrected chi connectivity index (χ0v) is 14.6. The number of carbonyl (C=O) groups is 1. The normalized spacial score (nSPS) is 10.8. The summed E-state index contributed by atoms with van der Waals surface area (Å²) in [6.07, 6.45) is 0.814. The molecule has 3 aromatic rings. The first-order valence-corrected chi connectivity index (χ1v) is 8.65. The molecular weight excluding hydrogens is 330 g/mol. The summed E-state index contributed by atoms with van der Waals surface area (Å²) in [5.74, 6) is -0.246. The Kier molecular flexibility index (Phi) is 5.31. The van der Waals surface area contributed by atoms with Gasteiger partial charge in [0, 0.05) is 6.54 Å². The highest BCUT2D eigenvalue weighted by molar-refractivity contribution is 5.81. The number of carbonyl (C=O) groups excluding carboxylic acids is 1. The van der Waals surface area contributed by atoms with Gasteiger partial charge in [0.25, 0.3) is 5.56 Å². The quantitative estimate of drug-likeness (QED) is 0.735. The zero-order chi connectivity index (χ0) is 18.5. The maximum Gasteiger partial charge on any atom is 0.332 e. The molecule has 2 aromatic carbocycles. The maximum absolute atomic E-state index is 13.0. The van der Waals surface area contributed by atoms with Crippen molar-refractivity contribution in [2.75, 3.05) is 6.54 Å². The van der Waals surface area contributed by atoms with Gasteiger partial charge in [-0.3, -0.25) is 18.7 Å². The van der Waals surface area contributed by atoms with E-state index >= 15 is 0 Å². The van der Waals surface area contributed by atoms with Crippen molar-refractivity contribution in [2.45, 2.75) is 26.4 Å². The van der Waals surface area contributed by atoms with Gasteiger partial charge in [-0.2, -0.15) is 0 Å². The zero-order valence-electron chi connectivity index (χ0n) is 14.6. The minimum Gasteiger partial charge on any atom is -0.355 e. The van der Waals surface area contributed by atoms with Crippen molar-refractivity contribution in [3.63, 3.8) is 0 Å². The first-order chi connectivity index (χ1) is 12.6. The molecule has 0 saturated carbocycles. The van der Waals surface area contributed by atoms with Gasteiger partial charge in [-0.25, -0.2) is 4.79 Å². The summed E-state index contributed by atoms with van der Waals surface area (Å²) in [5, 5.41) is 3.19. The lowest BCUT2D eigenvalue weighted by Gasteiger charge is -2.14. The van der Waals surface area contributed by atoms with Crippen LogP contribution in [0.3, 0.4) is 0 Å². The fraction of sp³-hybridized carbons (Fsp3) is 0.250. The molecule has 6 heteroatoms. The molecule has 0 aliphatic heterocycles. The number of para-hydroxylation sites is 1. The summed E-state index contributed by atoms with van der Waals surface area (Å²) in [6.45, 7) is 2.56. The van der Waals surface area contributed by atoms with Crippen LogP contribution in [0.25, 0.3) is 10.9 Å². The van der Waals surface area contributed by atoms with Gasteiger partial charge < -0.3 is 5.32 Å². The Bertz CT molecular complexity index is 1040. The Morgan fingerprint density at radius 2 is 1.65 bits per heavy atom. The number of benzene rings is 2. The molecule has 0 saturated heterocycles. The maximum atomic E-state index is 13.0. The van der Waals surface area contributed by atoms with Crippen molar-refractivity contribution >= 4 is 16.8 Å². The number of rotatable bonds is 6. The third kappa shape index (κ3) is 3.59. The fourth-order valence-corrected chi connectivity index (χ4v) is 2.89. The molecule has 0 aliphatic rings. The topological polar surface area (TPSA) is 73.1 Å². The Morgan fingerprint density at radius 3 is 2.38 bits per heavy atom. The molecule has 0 atom stereocenters. The average molecular weight is 351 g/mol. The van der Waals surface area contributed by atoms with Crippen LogP contribution in [0.1, 0.15) is 18.9 Å². The molecule has 0 radical (unpaired) electrons. The van der Waals surface area contributed by atoms with Crippen molar-refractivity contribution in [1.82, 2.24) is 14.5 Å². The number of nitrogens with one attached hydrogen (secondary N) is 1. The summed E-state index contributed by atoms with van der Waals surface area (Å²) in [4.78, 5) is 37.9. The molecule has 0 bridgehead atoms. The second-order valence-electron chi connectivity index (χ2n) is 6.11. The molecule has 1 N–H and O–H groups in total. The molecule has 0 fully saturated rings. The summed E-state index contributed by atoms with van der Waals surface area (Å²) < 4.78 is 2.55. The molecule has 0 spiro atoms. The van der Waals surface area contributed by atoms with E-state index in [0.717, 1.165) is 12.0 Å². The van der Waals surface area contributed by atoms with Crippen molar-refractivity contribution in [2.24, 2.45) is 0 Å². The predicted molar refractivity (Wildman–Crippen MR) is 101 cm³/mol. The van der Waals surface area contributed by atoms with Crippen molar-refractivity contribution in [3.8, 4) is 0 Å². The second kappa shape index (κ2) is 7.82. The van der Waals surface area contributed by atoms with Gasteiger partial charge in [0.05, 0.1) is 17.4 Å². The Hall–Kier alpha value is -3.15. The van der Waals surface area contributed by atoms with E-state index in [-0.39, 0.29) is 24.6 Å². The molecule has 1 amide bonds. The third-order valence-corrected chi connectivity index (χ3v) is 4.19. The molecule has 0 aliphatic carbocycles. The van der Waals surface area contributed by atoms with E-state index in [4.69, 9.17) is 0 Å². The van der Waals surface area contributed by atoms with Crippen molar-refractivity contribution < 1.29 is 4.79 Å². The fourth-order valence-electron chi connectivity index (χ4n) is 2.89. The molecule has 26 heavy (non-hydrogen) atoms. The van der Waals surface area contributed by atoms with Crippen LogP contribution in [0.15, 0.2) is 64.2 Å². The van der Waals surface area contributed by atoms with E-state index in [1.54, 1.807) is 24.3 Å². The van der Waals surface area contributed by atoms with Gasteiger partial charge in [0.2, 0.25) is 5.91 Å². The van der Waals surface area contributed by atoms with Crippen LogP contribution in [0.5, 0.6) is 0 Å². The monoisotopic (exact) mass is 351 g/mol. The highest BCUT2D eigenvalue weighted by Gasteiger charge is 2.15. The smallest absolute Gasteiger partial charge is 0.332 e. The van der Waals surface area contributed by atoms with Crippen LogP contribution in [0.4, 0.5) is 0 Å². The molecule has 134 valence electrons. The standard InChI is InChI=1S/C20H21N3O3/c1-2-12-21-18(24)14-22-17-11-7-6-10-16(17)19(25)23(20(22)26)13-15-8-4-3-5-9-15/h3-11H,2,12-14H2,1H3,(H,21,24). The van der Waals surface area contributed by atoms with Gasteiger partial charge in [-0.1, -0.05) is 49.4 Å². The van der Waals surface area contributed by atoms with E-state index in [0.29, 0.717) is 17.4 Å². The number of hydrogen-bond acceptors (Lipinski definition) is 3. The highest BCUT2D eigenvalue weighted by atomic mass is 16.2. The van der Waals surface area contributed by atoms with Crippen LogP contribution in [0, 0.1) is 0 Å². The molecule has 3 rings (SSSR count). The lowest BCUT2D eigenvalue weighted by molar-refractivity contribution is -0.121. The second-order valence-corrected chi connectivity index (χ2v) is 6.11. The van der Waals surface area contributed by atoms with E-state index in [1.807, 2.05) is 37.3 Å². The summed E-state index contributed by atoms with van der Waals surface area (Å²) in [7, 11) is 0. The summed E-state index contributed by atoms with van der Waals surface area (Å²) in [6, 6.07) is 16.2. The lowest BCUT2D eigenvalue weighted by Crippen LogP contribution is -2.42. The first-order valence-electron chi connectivity index (χ1n) is 8.65. The van der Waals surface area contributed by atoms with E-state index in [2.05, 4.69) is 5.32 Å². The van der Waals surface area contributed by atoms with Gasteiger partial charge >= 0.3 is 5.69 Å². The number of hydrogen-bond donors (Lipinski definition) is 1. The number of fused-ring (bicyclic) bond motifs is 1. The van der Waals surface area contributed by atoms with Gasteiger partial charge in [-0.15, -0.1) is 0 Å². The Balaban J connectivity index is 2.12. The van der Waals surface area contributed by atoms with Crippen LogP contribution >= 0.6 is 0 Å². The highest BCUT2D eigenvalue weighted by Crippen LogP contribution is 2.08. The SMILES string of the molecule is CCCNC(=O)Cn1c(=O)n(Cc2ccccc2)c(=O)c2ccccc21. The number of aromatic nitrogens is 2. The van der Waals surface area contributed by atoms with Crippen LogP contribution in [0.2, 0.25) is 0 Å². The van der Waals surface area contributed by atoms with Crippen molar-refractivity contribution in [1.29, 1.82) is 0 Å². The van der Waals surface area contributed by atoms with Gasteiger partial charge in [-0.05, 0) is 24.1 Å². The lowest BCUT2D eigenvalue weighted by atomic mass is 10.2. The number of nitrogens with zero attached hydrogens (tertiary/aromatic N) is 2. The third-order valence-electron chi connectivity index (χ3n) is 4.19. The Morgan fingerprint density at radius 1 is 0.962 bits per heavy atom. The molecule has 1 aromatic heterocycles. The van der Waals surface area contributed by atoms with Gasteiger partial charge in [0.15, 0.2) is 0 Å². The van der Waals surface area contributed by atoms with Crippen LogP contribution in [-0.2, 0) is 17.9 Å².